The van der Waals surface area contributed by atoms with Crippen molar-refractivity contribution in [1.29, 1.82) is 0 Å². The third kappa shape index (κ3) is 3.64. The summed E-state index contributed by atoms with van der Waals surface area (Å²) < 4.78 is 5.28. The zero-order valence-corrected chi connectivity index (χ0v) is 13.1. The second-order valence-electron chi connectivity index (χ2n) is 6.29. The van der Waals surface area contributed by atoms with Crippen molar-refractivity contribution < 1.29 is 19.4 Å². The molecule has 23 heavy (non-hydrogen) atoms. The average molecular weight is 318 g/mol. The normalized spacial score (nSPS) is 20.2. The molecular weight excluding hydrogens is 296 g/mol. The summed E-state index contributed by atoms with van der Waals surface area (Å²) in [5.74, 6) is -0.443. The number of amides is 2. The monoisotopic (exact) mass is 318 g/mol. The van der Waals surface area contributed by atoms with Crippen LogP contribution in [0.25, 0.3) is 0 Å². The Morgan fingerprint density at radius 2 is 1.91 bits per heavy atom. The molecule has 1 saturated heterocycles. The van der Waals surface area contributed by atoms with E-state index in [1.165, 1.54) is 0 Å². The molecule has 1 aliphatic heterocycles. The topological polar surface area (TPSA) is 78.9 Å². The average Bonchev–Trinajstić information content (AvgIpc) is 3.00. The summed E-state index contributed by atoms with van der Waals surface area (Å²) in [4.78, 5) is 25.3. The van der Waals surface area contributed by atoms with Crippen LogP contribution >= 0.6 is 0 Å². The maximum absolute atomic E-state index is 12.1. The highest BCUT2D eigenvalue weighted by molar-refractivity contribution is 5.95. The van der Waals surface area contributed by atoms with Crippen LogP contribution in [0.5, 0.6) is 0 Å². The highest BCUT2D eigenvalue weighted by Crippen LogP contribution is 2.28. The molecule has 1 aromatic carbocycles. The minimum Gasteiger partial charge on any atom is -0.459 e. The van der Waals surface area contributed by atoms with Crippen molar-refractivity contribution in [1.82, 2.24) is 5.32 Å². The van der Waals surface area contributed by atoms with Gasteiger partial charge in [0.15, 0.2) is 0 Å². The van der Waals surface area contributed by atoms with Gasteiger partial charge in [0.05, 0.1) is 11.2 Å². The number of esters is 1. The first kappa shape index (κ1) is 15.8. The fourth-order valence-electron chi connectivity index (χ4n) is 3.13. The lowest BCUT2D eigenvalue weighted by Gasteiger charge is -2.31. The van der Waals surface area contributed by atoms with Crippen molar-refractivity contribution in [3.63, 3.8) is 0 Å². The van der Waals surface area contributed by atoms with Crippen LogP contribution in [0.3, 0.4) is 0 Å². The van der Waals surface area contributed by atoms with E-state index in [1.54, 1.807) is 29.2 Å². The van der Waals surface area contributed by atoms with Crippen LogP contribution in [0.2, 0.25) is 0 Å². The lowest BCUT2D eigenvalue weighted by Crippen LogP contribution is -2.37. The summed E-state index contributed by atoms with van der Waals surface area (Å²) in [6.07, 6.45) is 4.44. The fourth-order valence-corrected chi connectivity index (χ4v) is 3.13. The van der Waals surface area contributed by atoms with Gasteiger partial charge in [0, 0.05) is 18.8 Å². The number of nitrogens with one attached hydrogen (secondary N) is 1. The van der Waals surface area contributed by atoms with Crippen LogP contribution in [-0.2, 0) is 4.74 Å². The van der Waals surface area contributed by atoms with Gasteiger partial charge in [0.1, 0.15) is 6.61 Å². The number of hydrogen-bond donors (Lipinski definition) is 2. The van der Waals surface area contributed by atoms with Crippen molar-refractivity contribution in [2.75, 3.05) is 24.6 Å². The second kappa shape index (κ2) is 6.58. The van der Waals surface area contributed by atoms with E-state index in [0.717, 1.165) is 24.9 Å². The van der Waals surface area contributed by atoms with Crippen molar-refractivity contribution in [2.24, 2.45) is 0 Å². The van der Waals surface area contributed by atoms with Crippen molar-refractivity contribution >= 4 is 17.7 Å². The summed E-state index contributed by atoms with van der Waals surface area (Å²) >= 11 is 0. The Hall–Kier alpha value is -2.08. The molecule has 124 valence electrons. The number of hydrogen-bond acceptors (Lipinski definition) is 4. The van der Waals surface area contributed by atoms with Crippen LogP contribution < -0.4 is 10.2 Å². The van der Waals surface area contributed by atoms with Crippen LogP contribution in [0.1, 0.15) is 42.5 Å². The Kier molecular flexibility index (Phi) is 4.52. The molecule has 0 atom stereocenters. The summed E-state index contributed by atoms with van der Waals surface area (Å²) in [5.41, 5.74) is 0.303. The predicted molar refractivity (Wildman–Crippen MR) is 85.5 cm³/mol. The molecule has 2 fully saturated rings. The number of ether oxygens (including phenoxy) is 1. The Balaban J connectivity index is 1.58. The quantitative estimate of drug-likeness (QED) is 0.833. The van der Waals surface area contributed by atoms with Crippen LogP contribution in [0.15, 0.2) is 24.3 Å². The molecule has 6 heteroatoms. The van der Waals surface area contributed by atoms with Gasteiger partial charge in [-0.15, -0.1) is 0 Å². The van der Waals surface area contributed by atoms with E-state index < -0.39 is 11.6 Å². The minimum atomic E-state index is -0.874. The Bertz CT molecular complexity index is 579. The lowest BCUT2D eigenvalue weighted by atomic mass is 9.85. The maximum Gasteiger partial charge on any atom is 0.338 e. The highest BCUT2D eigenvalue weighted by atomic mass is 16.5. The van der Waals surface area contributed by atoms with E-state index in [0.29, 0.717) is 31.5 Å². The maximum atomic E-state index is 12.1. The molecule has 0 aromatic heterocycles. The molecule has 3 rings (SSSR count). The molecule has 0 radical (unpaired) electrons. The standard InChI is InChI=1S/C17H22N2O4/c20-15(23-12-17(22)8-2-1-3-9-17)13-4-6-14(7-5-13)19-11-10-18-16(19)21/h4-7,22H,1-3,8-12H2,(H,18,21). The van der Waals surface area contributed by atoms with Gasteiger partial charge in [0.2, 0.25) is 0 Å². The van der Waals surface area contributed by atoms with Gasteiger partial charge >= 0.3 is 12.0 Å². The number of benzene rings is 1. The Morgan fingerprint density at radius 3 is 2.52 bits per heavy atom. The minimum absolute atomic E-state index is 0.0438. The highest BCUT2D eigenvalue weighted by Gasteiger charge is 2.31. The number of carbonyl (C=O) groups excluding carboxylic acids is 2. The molecule has 0 bridgehead atoms. The van der Waals surface area contributed by atoms with E-state index in [1.807, 2.05) is 0 Å². The van der Waals surface area contributed by atoms with Gasteiger partial charge < -0.3 is 15.2 Å². The number of carbonyl (C=O) groups is 2. The number of anilines is 1. The van der Waals surface area contributed by atoms with E-state index >= 15 is 0 Å². The largest absolute Gasteiger partial charge is 0.459 e. The Morgan fingerprint density at radius 1 is 1.22 bits per heavy atom. The number of nitrogens with zero attached hydrogens (tertiary/aromatic N) is 1. The predicted octanol–water partition coefficient (Wildman–Crippen LogP) is 2.07. The van der Waals surface area contributed by atoms with Crippen LogP contribution in [0.4, 0.5) is 10.5 Å². The molecule has 0 spiro atoms. The van der Waals surface area contributed by atoms with E-state index in [9.17, 15) is 14.7 Å². The number of aliphatic hydroxyl groups is 1. The molecule has 2 amide bonds. The van der Waals surface area contributed by atoms with E-state index in [2.05, 4.69) is 5.32 Å². The van der Waals surface area contributed by atoms with Gasteiger partial charge in [0.25, 0.3) is 0 Å². The Labute approximate surface area is 135 Å². The van der Waals surface area contributed by atoms with Crippen molar-refractivity contribution in [2.45, 2.75) is 37.7 Å². The van der Waals surface area contributed by atoms with Gasteiger partial charge in [-0.2, -0.15) is 0 Å². The number of rotatable bonds is 4. The molecule has 1 aliphatic carbocycles. The van der Waals surface area contributed by atoms with E-state index in [4.69, 9.17) is 4.74 Å². The SMILES string of the molecule is O=C(OCC1(O)CCCCC1)c1ccc(N2CCNC2=O)cc1. The third-order valence-electron chi connectivity index (χ3n) is 4.53. The summed E-state index contributed by atoms with van der Waals surface area (Å²) in [6, 6.07) is 6.63. The van der Waals surface area contributed by atoms with Crippen LogP contribution in [0, 0.1) is 0 Å². The van der Waals surface area contributed by atoms with Gasteiger partial charge in [-0.1, -0.05) is 19.3 Å². The molecule has 6 nitrogen and oxygen atoms in total. The lowest BCUT2D eigenvalue weighted by molar-refractivity contribution is -0.0535. The molecule has 1 heterocycles. The van der Waals surface area contributed by atoms with Gasteiger partial charge in [-0.3, -0.25) is 4.90 Å². The first-order chi connectivity index (χ1) is 11.1. The van der Waals surface area contributed by atoms with E-state index in [-0.39, 0.29) is 12.6 Å². The third-order valence-corrected chi connectivity index (χ3v) is 4.53. The number of urea groups is 1. The van der Waals surface area contributed by atoms with Gasteiger partial charge in [-0.05, 0) is 37.1 Å². The van der Waals surface area contributed by atoms with Crippen LogP contribution in [-0.4, -0.2) is 42.4 Å². The zero-order valence-electron chi connectivity index (χ0n) is 13.1. The summed E-state index contributed by atoms with van der Waals surface area (Å²) in [7, 11) is 0. The smallest absolute Gasteiger partial charge is 0.338 e. The zero-order chi connectivity index (χ0) is 16.3. The molecule has 0 unspecified atom stereocenters. The summed E-state index contributed by atoms with van der Waals surface area (Å²) in [5, 5.41) is 13.1. The van der Waals surface area contributed by atoms with Crippen molar-refractivity contribution in [3.8, 4) is 0 Å². The molecular formula is C17H22N2O4. The summed E-state index contributed by atoms with van der Waals surface area (Å²) in [6.45, 7) is 1.29. The van der Waals surface area contributed by atoms with Gasteiger partial charge in [-0.25, -0.2) is 9.59 Å². The van der Waals surface area contributed by atoms with Crippen molar-refractivity contribution in [3.05, 3.63) is 29.8 Å². The molecule has 2 N–H and O–H groups in total. The first-order valence-corrected chi connectivity index (χ1v) is 8.12. The fraction of sp³-hybridized carbons (Fsp3) is 0.529. The second-order valence-corrected chi connectivity index (χ2v) is 6.29. The first-order valence-electron chi connectivity index (χ1n) is 8.12. The molecule has 1 aromatic rings. The molecule has 1 saturated carbocycles. The molecule has 2 aliphatic rings.